The molecule has 0 N–H and O–H groups in total. The standard InChI is InChI=1S/C10H14O5/c1-3-13-10(12)15-9-5-4-8(6-9)14-7(2)11/h4-5,8-9H,3,6H2,1-2H3/t8-,9+/m0/s1. The van der Waals surface area contributed by atoms with Gasteiger partial charge in [0.25, 0.3) is 0 Å². The molecule has 1 aliphatic rings. The van der Waals surface area contributed by atoms with E-state index in [0.29, 0.717) is 6.42 Å². The van der Waals surface area contributed by atoms with Gasteiger partial charge in [0, 0.05) is 13.3 Å². The van der Waals surface area contributed by atoms with E-state index in [1.165, 1.54) is 6.92 Å². The molecule has 0 aromatic heterocycles. The fourth-order valence-electron chi connectivity index (χ4n) is 1.30. The maximum absolute atomic E-state index is 10.9. The first kappa shape index (κ1) is 11.6. The third-order valence-corrected chi connectivity index (χ3v) is 1.83. The van der Waals surface area contributed by atoms with Gasteiger partial charge < -0.3 is 14.2 Å². The van der Waals surface area contributed by atoms with Gasteiger partial charge in [-0.25, -0.2) is 4.79 Å². The molecule has 5 heteroatoms. The van der Waals surface area contributed by atoms with Crippen molar-refractivity contribution in [2.24, 2.45) is 0 Å². The summed E-state index contributed by atoms with van der Waals surface area (Å²) in [5.41, 5.74) is 0. The van der Waals surface area contributed by atoms with Crippen LogP contribution in [0.15, 0.2) is 12.2 Å². The van der Waals surface area contributed by atoms with Crippen LogP contribution in [-0.4, -0.2) is 30.9 Å². The molecule has 0 heterocycles. The maximum atomic E-state index is 10.9. The highest BCUT2D eigenvalue weighted by Crippen LogP contribution is 2.17. The average molecular weight is 214 g/mol. The molecule has 0 saturated carbocycles. The summed E-state index contributed by atoms with van der Waals surface area (Å²) in [6, 6.07) is 0. The van der Waals surface area contributed by atoms with Gasteiger partial charge in [0.1, 0.15) is 12.2 Å². The predicted molar refractivity (Wildman–Crippen MR) is 51.2 cm³/mol. The number of carbonyl (C=O) groups excluding carboxylic acids is 2. The molecule has 0 fully saturated rings. The lowest BCUT2D eigenvalue weighted by molar-refractivity contribution is -0.144. The Morgan fingerprint density at radius 2 is 1.87 bits per heavy atom. The molecule has 0 amide bonds. The number of ether oxygens (including phenoxy) is 3. The zero-order valence-electron chi connectivity index (χ0n) is 8.76. The summed E-state index contributed by atoms with van der Waals surface area (Å²) in [5, 5.41) is 0. The van der Waals surface area contributed by atoms with Crippen LogP contribution in [0.2, 0.25) is 0 Å². The van der Waals surface area contributed by atoms with Gasteiger partial charge in [-0.1, -0.05) is 0 Å². The highest BCUT2D eigenvalue weighted by molar-refractivity contribution is 5.66. The lowest BCUT2D eigenvalue weighted by atomic mass is 10.3. The molecular weight excluding hydrogens is 200 g/mol. The number of hydrogen-bond acceptors (Lipinski definition) is 5. The van der Waals surface area contributed by atoms with Crippen LogP contribution in [-0.2, 0) is 19.0 Å². The lowest BCUT2D eigenvalue weighted by Gasteiger charge is -2.12. The Morgan fingerprint density at radius 3 is 2.40 bits per heavy atom. The minimum absolute atomic E-state index is 0.280. The summed E-state index contributed by atoms with van der Waals surface area (Å²) < 4.78 is 14.5. The normalized spacial score (nSPS) is 23.6. The minimum atomic E-state index is -0.698. The van der Waals surface area contributed by atoms with E-state index in [-0.39, 0.29) is 24.8 Å². The molecule has 15 heavy (non-hydrogen) atoms. The summed E-state index contributed by atoms with van der Waals surface area (Å²) >= 11 is 0. The van der Waals surface area contributed by atoms with Crippen molar-refractivity contribution in [3.63, 3.8) is 0 Å². The molecule has 0 saturated heterocycles. The second-order valence-electron chi connectivity index (χ2n) is 3.11. The second kappa shape index (κ2) is 5.38. The fourth-order valence-corrected chi connectivity index (χ4v) is 1.30. The Balaban J connectivity index is 2.28. The molecule has 0 aromatic carbocycles. The van der Waals surface area contributed by atoms with E-state index in [1.54, 1.807) is 19.1 Å². The Morgan fingerprint density at radius 1 is 1.27 bits per heavy atom. The van der Waals surface area contributed by atoms with E-state index < -0.39 is 6.16 Å². The highest BCUT2D eigenvalue weighted by atomic mass is 16.7. The molecule has 0 radical (unpaired) electrons. The topological polar surface area (TPSA) is 61.8 Å². The molecule has 0 spiro atoms. The molecule has 0 aromatic rings. The van der Waals surface area contributed by atoms with Crippen molar-refractivity contribution in [3.8, 4) is 0 Å². The molecular formula is C10H14O5. The van der Waals surface area contributed by atoms with Crippen molar-refractivity contribution in [3.05, 3.63) is 12.2 Å². The summed E-state index contributed by atoms with van der Waals surface area (Å²) in [7, 11) is 0. The second-order valence-corrected chi connectivity index (χ2v) is 3.11. The van der Waals surface area contributed by atoms with Crippen LogP contribution in [0.25, 0.3) is 0 Å². The Kier molecular flexibility index (Phi) is 4.15. The Labute approximate surface area is 88.0 Å². The van der Waals surface area contributed by atoms with Crippen LogP contribution < -0.4 is 0 Å². The van der Waals surface area contributed by atoms with Gasteiger partial charge in [-0.15, -0.1) is 0 Å². The van der Waals surface area contributed by atoms with E-state index in [4.69, 9.17) is 9.47 Å². The maximum Gasteiger partial charge on any atom is 0.508 e. The zero-order chi connectivity index (χ0) is 11.3. The number of carbonyl (C=O) groups is 2. The molecule has 2 atom stereocenters. The van der Waals surface area contributed by atoms with Crippen LogP contribution in [0.1, 0.15) is 20.3 Å². The van der Waals surface area contributed by atoms with Gasteiger partial charge in [0.05, 0.1) is 6.61 Å². The quantitative estimate of drug-likeness (QED) is 0.525. The minimum Gasteiger partial charge on any atom is -0.458 e. The molecule has 1 rings (SSSR count). The largest absolute Gasteiger partial charge is 0.508 e. The van der Waals surface area contributed by atoms with E-state index in [0.717, 1.165) is 0 Å². The molecule has 0 bridgehead atoms. The Bertz CT molecular complexity index is 271. The fraction of sp³-hybridized carbons (Fsp3) is 0.600. The van der Waals surface area contributed by atoms with Crippen LogP contribution in [0, 0.1) is 0 Å². The van der Waals surface area contributed by atoms with Crippen LogP contribution in [0.5, 0.6) is 0 Å². The number of rotatable bonds is 3. The SMILES string of the molecule is CCOC(=O)O[C@@H]1C=C[C@H](OC(C)=O)C1. The summed E-state index contributed by atoms with van der Waals surface area (Å²) in [6.45, 7) is 3.32. The molecule has 5 nitrogen and oxygen atoms in total. The molecule has 0 unspecified atom stereocenters. The first-order valence-corrected chi connectivity index (χ1v) is 4.80. The lowest BCUT2D eigenvalue weighted by Crippen LogP contribution is -2.19. The van der Waals surface area contributed by atoms with Crippen LogP contribution in [0.4, 0.5) is 4.79 Å². The van der Waals surface area contributed by atoms with Gasteiger partial charge in [-0.2, -0.15) is 0 Å². The predicted octanol–water partition coefficient (Wildman–Crippen LogP) is 1.42. The van der Waals surface area contributed by atoms with E-state index in [1.807, 2.05) is 0 Å². The van der Waals surface area contributed by atoms with Crippen molar-refractivity contribution in [1.82, 2.24) is 0 Å². The van der Waals surface area contributed by atoms with Crippen molar-refractivity contribution in [2.75, 3.05) is 6.61 Å². The van der Waals surface area contributed by atoms with E-state index in [2.05, 4.69) is 4.74 Å². The summed E-state index contributed by atoms with van der Waals surface area (Å²) in [5.74, 6) is -0.346. The highest BCUT2D eigenvalue weighted by Gasteiger charge is 2.24. The van der Waals surface area contributed by atoms with Gasteiger partial charge in [0.2, 0.25) is 0 Å². The van der Waals surface area contributed by atoms with Gasteiger partial charge >= 0.3 is 12.1 Å². The Hall–Kier alpha value is -1.52. The van der Waals surface area contributed by atoms with Crippen LogP contribution >= 0.6 is 0 Å². The van der Waals surface area contributed by atoms with Gasteiger partial charge in [-0.05, 0) is 19.1 Å². The average Bonchev–Trinajstić information content (AvgIpc) is 2.51. The molecule has 1 aliphatic carbocycles. The van der Waals surface area contributed by atoms with E-state index in [9.17, 15) is 9.59 Å². The number of hydrogen-bond donors (Lipinski definition) is 0. The van der Waals surface area contributed by atoms with Gasteiger partial charge in [0.15, 0.2) is 0 Å². The first-order chi connectivity index (χ1) is 7.11. The zero-order valence-corrected chi connectivity index (χ0v) is 8.76. The van der Waals surface area contributed by atoms with E-state index >= 15 is 0 Å². The molecule has 84 valence electrons. The van der Waals surface area contributed by atoms with Crippen molar-refractivity contribution in [2.45, 2.75) is 32.5 Å². The third kappa shape index (κ3) is 4.01. The third-order valence-electron chi connectivity index (χ3n) is 1.83. The van der Waals surface area contributed by atoms with Gasteiger partial charge in [-0.3, -0.25) is 4.79 Å². The smallest absolute Gasteiger partial charge is 0.458 e. The summed E-state index contributed by atoms with van der Waals surface area (Å²) in [4.78, 5) is 21.6. The van der Waals surface area contributed by atoms with Crippen LogP contribution in [0.3, 0.4) is 0 Å². The van der Waals surface area contributed by atoms with Crippen molar-refractivity contribution >= 4 is 12.1 Å². The van der Waals surface area contributed by atoms with Crippen molar-refractivity contribution < 1.29 is 23.8 Å². The monoisotopic (exact) mass is 214 g/mol. The number of esters is 1. The summed E-state index contributed by atoms with van der Waals surface area (Å²) in [6.07, 6.45) is 2.47. The van der Waals surface area contributed by atoms with Crippen molar-refractivity contribution in [1.29, 1.82) is 0 Å². The first-order valence-electron chi connectivity index (χ1n) is 4.80. The molecule has 0 aliphatic heterocycles.